The quantitative estimate of drug-likeness (QED) is 0.707. The average Bonchev–Trinajstić information content (AvgIpc) is 2.01. The molecule has 0 aromatic heterocycles. The Labute approximate surface area is 75.8 Å². The summed E-state index contributed by atoms with van der Waals surface area (Å²) in [5, 5.41) is 8.82. The van der Waals surface area contributed by atoms with Gasteiger partial charge in [-0.3, -0.25) is 0 Å². The first kappa shape index (κ1) is 10.7. The van der Waals surface area contributed by atoms with E-state index in [-0.39, 0.29) is 0 Å². The SMILES string of the molecule is Oc1cc(C(F)F)ccc1C(F)(F)F. The highest BCUT2D eigenvalue weighted by Crippen LogP contribution is 2.37. The fourth-order valence-corrected chi connectivity index (χ4v) is 0.924. The normalized spacial score (nSPS) is 12.1. The Morgan fingerprint density at radius 2 is 1.71 bits per heavy atom. The minimum Gasteiger partial charge on any atom is -0.507 e. The van der Waals surface area contributed by atoms with E-state index in [2.05, 4.69) is 0 Å². The first-order valence-corrected chi connectivity index (χ1v) is 3.50. The van der Waals surface area contributed by atoms with Crippen molar-refractivity contribution >= 4 is 0 Å². The van der Waals surface area contributed by atoms with Crippen molar-refractivity contribution in [2.24, 2.45) is 0 Å². The highest BCUT2D eigenvalue weighted by molar-refractivity contribution is 5.38. The van der Waals surface area contributed by atoms with Crippen molar-refractivity contribution in [2.75, 3.05) is 0 Å². The molecule has 0 unspecified atom stereocenters. The van der Waals surface area contributed by atoms with Crippen LogP contribution >= 0.6 is 0 Å². The molecule has 0 atom stereocenters. The fourth-order valence-electron chi connectivity index (χ4n) is 0.924. The number of phenols is 1. The monoisotopic (exact) mass is 212 g/mol. The predicted molar refractivity (Wildman–Crippen MR) is 38.1 cm³/mol. The van der Waals surface area contributed by atoms with E-state index >= 15 is 0 Å². The van der Waals surface area contributed by atoms with Crippen LogP contribution in [-0.4, -0.2) is 5.11 Å². The van der Waals surface area contributed by atoms with Crippen molar-refractivity contribution in [3.63, 3.8) is 0 Å². The first-order valence-electron chi connectivity index (χ1n) is 3.50. The van der Waals surface area contributed by atoms with Crippen molar-refractivity contribution in [2.45, 2.75) is 12.6 Å². The van der Waals surface area contributed by atoms with Crippen LogP contribution in [0, 0.1) is 0 Å². The molecule has 0 saturated heterocycles. The third-order valence-corrected chi connectivity index (χ3v) is 1.58. The van der Waals surface area contributed by atoms with E-state index in [1.165, 1.54) is 0 Å². The summed E-state index contributed by atoms with van der Waals surface area (Å²) in [5.41, 5.74) is -1.96. The van der Waals surface area contributed by atoms with Crippen LogP contribution in [0.3, 0.4) is 0 Å². The van der Waals surface area contributed by atoms with E-state index in [4.69, 9.17) is 5.11 Å². The lowest BCUT2D eigenvalue weighted by Crippen LogP contribution is -2.05. The molecule has 0 aliphatic rings. The molecule has 0 fully saturated rings. The molecule has 0 saturated carbocycles. The number of hydrogen-bond acceptors (Lipinski definition) is 1. The first-order chi connectivity index (χ1) is 6.32. The summed E-state index contributed by atoms with van der Waals surface area (Å²) < 4.78 is 60.1. The Balaban J connectivity index is 3.15. The summed E-state index contributed by atoms with van der Waals surface area (Å²) in [6.07, 6.45) is -7.63. The van der Waals surface area contributed by atoms with Gasteiger partial charge in [0.15, 0.2) is 0 Å². The second kappa shape index (κ2) is 3.43. The average molecular weight is 212 g/mol. The molecular weight excluding hydrogens is 207 g/mol. The zero-order valence-electron chi connectivity index (χ0n) is 6.65. The Morgan fingerprint density at radius 1 is 1.14 bits per heavy atom. The Bertz CT molecular complexity index is 331. The van der Waals surface area contributed by atoms with E-state index in [1.807, 2.05) is 0 Å². The molecule has 6 heteroatoms. The minimum absolute atomic E-state index is 0.410. The van der Waals surface area contributed by atoms with Gasteiger partial charge in [0.1, 0.15) is 5.75 Å². The topological polar surface area (TPSA) is 20.2 Å². The number of rotatable bonds is 1. The van der Waals surface area contributed by atoms with Gasteiger partial charge in [0.2, 0.25) is 0 Å². The lowest BCUT2D eigenvalue weighted by Gasteiger charge is -2.09. The lowest BCUT2D eigenvalue weighted by molar-refractivity contribution is -0.138. The molecule has 14 heavy (non-hydrogen) atoms. The van der Waals surface area contributed by atoms with E-state index in [0.717, 1.165) is 0 Å². The molecule has 1 rings (SSSR count). The summed E-state index contributed by atoms with van der Waals surface area (Å²) in [5.74, 6) is -1.18. The van der Waals surface area contributed by atoms with Gasteiger partial charge in [0, 0.05) is 5.56 Å². The lowest BCUT2D eigenvalue weighted by atomic mass is 10.1. The summed E-state index contributed by atoms with van der Waals surface area (Å²) in [6, 6.07) is 1.47. The number of benzene rings is 1. The van der Waals surface area contributed by atoms with E-state index in [0.29, 0.717) is 18.2 Å². The van der Waals surface area contributed by atoms with Crippen molar-refractivity contribution in [3.8, 4) is 5.75 Å². The van der Waals surface area contributed by atoms with Crippen LogP contribution in [0.25, 0.3) is 0 Å². The number of aromatic hydroxyl groups is 1. The zero-order valence-corrected chi connectivity index (χ0v) is 6.65. The molecular formula is C8H5F5O. The minimum atomic E-state index is -4.73. The molecule has 0 aliphatic heterocycles. The predicted octanol–water partition coefficient (Wildman–Crippen LogP) is 3.35. The van der Waals surface area contributed by atoms with Crippen LogP contribution in [0.2, 0.25) is 0 Å². The van der Waals surface area contributed by atoms with Gasteiger partial charge in [-0.05, 0) is 12.1 Å². The molecule has 0 heterocycles. The van der Waals surface area contributed by atoms with Crippen molar-refractivity contribution in [1.29, 1.82) is 0 Å². The summed E-state index contributed by atoms with van der Waals surface area (Å²) in [4.78, 5) is 0. The molecule has 0 aliphatic carbocycles. The van der Waals surface area contributed by atoms with Crippen LogP contribution < -0.4 is 0 Å². The molecule has 1 N–H and O–H groups in total. The summed E-state index contributed by atoms with van der Waals surface area (Å²) in [7, 11) is 0. The fraction of sp³-hybridized carbons (Fsp3) is 0.250. The largest absolute Gasteiger partial charge is 0.507 e. The Kier molecular flexibility index (Phi) is 2.64. The molecule has 0 amide bonds. The second-order valence-corrected chi connectivity index (χ2v) is 2.58. The second-order valence-electron chi connectivity index (χ2n) is 2.58. The van der Waals surface area contributed by atoms with E-state index in [1.54, 1.807) is 0 Å². The van der Waals surface area contributed by atoms with Gasteiger partial charge in [-0.2, -0.15) is 13.2 Å². The molecule has 1 aromatic rings. The summed E-state index contributed by atoms with van der Waals surface area (Å²) >= 11 is 0. The molecule has 0 radical (unpaired) electrons. The van der Waals surface area contributed by atoms with Gasteiger partial charge in [-0.25, -0.2) is 8.78 Å². The van der Waals surface area contributed by atoms with E-state index in [9.17, 15) is 22.0 Å². The van der Waals surface area contributed by atoms with Gasteiger partial charge >= 0.3 is 6.18 Å². The number of alkyl halides is 5. The zero-order chi connectivity index (χ0) is 10.9. The van der Waals surface area contributed by atoms with Gasteiger partial charge in [-0.15, -0.1) is 0 Å². The standard InChI is InChI=1S/C8H5F5O/c9-7(10)4-1-2-5(6(14)3-4)8(11,12)13/h1-3,7,14H. The Morgan fingerprint density at radius 3 is 2.07 bits per heavy atom. The van der Waals surface area contributed by atoms with Crippen molar-refractivity contribution < 1.29 is 27.1 Å². The number of halogens is 5. The summed E-state index contributed by atoms with van der Waals surface area (Å²) in [6.45, 7) is 0. The van der Waals surface area contributed by atoms with Crippen LogP contribution in [-0.2, 0) is 6.18 Å². The third-order valence-electron chi connectivity index (χ3n) is 1.58. The van der Waals surface area contributed by atoms with E-state index < -0.39 is 29.5 Å². The maximum Gasteiger partial charge on any atom is 0.419 e. The number of hydrogen-bond donors (Lipinski definition) is 1. The van der Waals surface area contributed by atoms with Gasteiger partial charge in [0.25, 0.3) is 6.43 Å². The smallest absolute Gasteiger partial charge is 0.419 e. The van der Waals surface area contributed by atoms with Gasteiger partial charge in [0.05, 0.1) is 5.56 Å². The highest BCUT2D eigenvalue weighted by atomic mass is 19.4. The molecule has 78 valence electrons. The third kappa shape index (κ3) is 2.12. The van der Waals surface area contributed by atoms with Crippen molar-refractivity contribution in [1.82, 2.24) is 0 Å². The molecule has 0 bridgehead atoms. The maximum absolute atomic E-state index is 12.0. The van der Waals surface area contributed by atoms with Crippen LogP contribution in [0.5, 0.6) is 5.75 Å². The van der Waals surface area contributed by atoms with Crippen LogP contribution in [0.4, 0.5) is 22.0 Å². The van der Waals surface area contributed by atoms with Gasteiger partial charge in [-0.1, -0.05) is 6.07 Å². The maximum atomic E-state index is 12.0. The van der Waals surface area contributed by atoms with Crippen LogP contribution in [0.1, 0.15) is 17.6 Å². The highest BCUT2D eigenvalue weighted by Gasteiger charge is 2.34. The van der Waals surface area contributed by atoms with Gasteiger partial charge < -0.3 is 5.11 Å². The van der Waals surface area contributed by atoms with Crippen molar-refractivity contribution in [3.05, 3.63) is 29.3 Å². The van der Waals surface area contributed by atoms with Crippen LogP contribution in [0.15, 0.2) is 18.2 Å². The number of phenolic OH excluding ortho intramolecular Hbond substituents is 1. The molecule has 1 nitrogen and oxygen atoms in total. The Hall–Kier alpha value is -1.33. The molecule has 1 aromatic carbocycles. The molecule has 0 spiro atoms.